The molecule has 7 heteroatoms. The van der Waals surface area contributed by atoms with Crippen LogP contribution in [0.15, 0.2) is 65.9 Å². The standard InChI is InChI=1S/C25H19NO5S/c1-26-14-15(20-11-16(29-2)6-8-21(20)26)10-23-25(28)19-7-5-17(12-22(19)31-23)30-24(27)13-18-4-3-9-32-18/h3-12,14H,13H2,1-2H3/b23-10-. The third kappa shape index (κ3) is 3.67. The number of methoxy groups -OCH3 is 1. The lowest BCUT2D eigenvalue weighted by molar-refractivity contribution is -0.133. The number of fused-ring (bicyclic) bond motifs is 2. The Balaban J connectivity index is 1.40. The van der Waals surface area contributed by atoms with Crippen molar-refractivity contribution in [3.63, 3.8) is 0 Å². The number of aryl methyl sites for hydroxylation is 1. The smallest absolute Gasteiger partial charge is 0.316 e. The zero-order valence-electron chi connectivity index (χ0n) is 17.5. The van der Waals surface area contributed by atoms with E-state index in [1.165, 1.54) is 11.3 Å². The number of nitrogens with zero attached hydrogens (tertiary/aromatic N) is 1. The fourth-order valence-corrected chi connectivity index (χ4v) is 4.43. The number of allylic oxidation sites excluding steroid dienone is 1. The van der Waals surface area contributed by atoms with Crippen LogP contribution in [0, 0.1) is 0 Å². The van der Waals surface area contributed by atoms with E-state index in [0.717, 1.165) is 27.1 Å². The second-order valence-electron chi connectivity index (χ2n) is 7.41. The molecule has 0 amide bonds. The van der Waals surface area contributed by atoms with Gasteiger partial charge in [0, 0.05) is 40.7 Å². The molecule has 2 aromatic heterocycles. The highest BCUT2D eigenvalue weighted by Gasteiger charge is 2.28. The number of hydrogen-bond acceptors (Lipinski definition) is 6. The zero-order chi connectivity index (χ0) is 22.2. The van der Waals surface area contributed by atoms with Gasteiger partial charge in [0.1, 0.15) is 17.2 Å². The van der Waals surface area contributed by atoms with Crippen molar-refractivity contribution in [3.8, 4) is 17.2 Å². The molecule has 3 heterocycles. The molecule has 0 unspecified atom stereocenters. The molecule has 1 aliphatic rings. The third-order valence-corrected chi connectivity index (χ3v) is 6.16. The fourth-order valence-electron chi connectivity index (χ4n) is 3.74. The Bertz CT molecular complexity index is 1380. The average molecular weight is 445 g/mol. The van der Waals surface area contributed by atoms with Gasteiger partial charge in [0.2, 0.25) is 5.78 Å². The fraction of sp³-hybridized carbons (Fsp3) is 0.120. The maximum atomic E-state index is 12.9. The lowest BCUT2D eigenvalue weighted by atomic mass is 10.1. The Morgan fingerprint density at radius 3 is 2.78 bits per heavy atom. The van der Waals surface area contributed by atoms with Gasteiger partial charge in [0.05, 0.1) is 19.1 Å². The van der Waals surface area contributed by atoms with E-state index in [0.29, 0.717) is 17.1 Å². The molecule has 5 rings (SSSR count). The summed E-state index contributed by atoms with van der Waals surface area (Å²) >= 11 is 1.50. The first-order valence-corrected chi connectivity index (χ1v) is 10.8. The van der Waals surface area contributed by atoms with Crippen molar-refractivity contribution in [3.05, 3.63) is 81.9 Å². The van der Waals surface area contributed by atoms with Crippen molar-refractivity contribution in [1.82, 2.24) is 4.57 Å². The molecular weight excluding hydrogens is 426 g/mol. The van der Waals surface area contributed by atoms with E-state index in [1.807, 2.05) is 53.5 Å². The molecule has 32 heavy (non-hydrogen) atoms. The van der Waals surface area contributed by atoms with Crippen molar-refractivity contribution in [2.45, 2.75) is 6.42 Å². The van der Waals surface area contributed by atoms with E-state index in [-0.39, 0.29) is 23.9 Å². The number of aromatic nitrogens is 1. The molecule has 0 atom stereocenters. The van der Waals surface area contributed by atoms with Crippen LogP contribution in [0.4, 0.5) is 0 Å². The summed E-state index contributed by atoms with van der Waals surface area (Å²) in [5.74, 6) is 1.10. The molecule has 0 fully saturated rings. The number of carbonyl (C=O) groups is 2. The highest BCUT2D eigenvalue weighted by molar-refractivity contribution is 7.10. The number of hydrogen-bond donors (Lipinski definition) is 0. The summed E-state index contributed by atoms with van der Waals surface area (Å²) in [6.07, 6.45) is 3.87. The van der Waals surface area contributed by atoms with Gasteiger partial charge in [-0.2, -0.15) is 0 Å². The van der Waals surface area contributed by atoms with Crippen LogP contribution in [-0.4, -0.2) is 23.4 Å². The quantitative estimate of drug-likeness (QED) is 0.245. The first-order valence-electron chi connectivity index (χ1n) is 9.96. The van der Waals surface area contributed by atoms with Gasteiger partial charge in [-0.15, -0.1) is 11.3 Å². The van der Waals surface area contributed by atoms with E-state index in [4.69, 9.17) is 14.2 Å². The summed E-state index contributed by atoms with van der Waals surface area (Å²) in [5.41, 5.74) is 2.30. The maximum absolute atomic E-state index is 12.9. The summed E-state index contributed by atoms with van der Waals surface area (Å²) in [6.45, 7) is 0. The minimum atomic E-state index is -0.364. The van der Waals surface area contributed by atoms with Crippen LogP contribution < -0.4 is 14.2 Å². The number of thiophene rings is 1. The Morgan fingerprint density at radius 1 is 1.16 bits per heavy atom. The molecule has 4 aromatic rings. The van der Waals surface area contributed by atoms with Crippen LogP contribution in [0.25, 0.3) is 17.0 Å². The number of rotatable bonds is 5. The van der Waals surface area contributed by atoms with Crippen LogP contribution >= 0.6 is 11.3 Å². The topological polar surface area (TPSA) is 66.8 Å². The number of benzene rings is 2. The van der Waals surface area contributed by atoms with Crippen molar-refractivity contribution >= 4 is 40.1 Å². The van der Waals surface area contributed by atoms with Crippen molar-refractivity contribution in [1.29, 1.82) is 0 Å². The highest BCUT2D eigenvalue weighted by Crippen LogP contribution is 2.36. The zero-order valence-corrected chi connectivity index (χ0v) is 18.3. The minimum absolute atomic E-state index is 0.199. The number of esters is 1. The van der Waals surface area contributed by atoms with E-state index in [2.05, 4.69) is 0 Å². The van der Waals surface area contributed by atoms with E-state index >= 15 is 0 Å². The van der Waals surface area contributed by atoms with Crippen LogP contribution in [0.1, 0.15) is 20.8 Å². The predicted octanol–water partition coefficient (Wildman–Crippen LogP) is 5.01. The Kier molecular flexibility index (Phi) is 5.03. The molecule has 0 spiro atoms. The number of carbonyl (C=O) groups excluding carboxylic acids is 2. The normalized spacial score (nSPS) is 13.9. The molecule has 160 valence electrons. The van der Waals surface area contributed by atoms with E-state index in [9.17, 15) is 9.59 Å². The molecule has 6 nitrogen and oxygen atoms in total. The summed E-state index contributed by atoms with van der Waals surface area (Å²) in [6, 6.07) is 14.4. The lowest BCUT2D eigenvalue weighted by Gasteiger charge is -2.05. The summed E-state index contributed by atoms with van der Waals surface area (Å²) in [5, 5.41) is 2.87. The molecule has 0 saturated heterocycles. The Labute approximate surface area is 188 Å². The molecule has 2 aromatic carbocycles. The molecule has 0 radical (unpaired) electrons. The lowest BCUT2D eigenvalue weighted by Crippen LogP contribution is -2.10. The van der Waals surface area contributed by atoms with Gasteiger partial charge in [0.25, 0.3) is 0 Å². The second kappa shape index (κ2) is 8.01. The first-order chi connectivity index (χ1) is 15.5. The van der Waals surface area contributed by atoms with Crippen LogP contribution in [0.5, 0.6) is 17.2 Å². The highest BCUT2D eigenvalue weighted by atomic mass is 32.1. The molecule has 0 aliphatic carbocycles. The minimum Gasteiger partial charge on any atom is -0.497 e. The van der Waals surface area contributed by atoms with Gasteiger partial charge >= 0.3 is 5.97 Å². The maximum Gasteiger partial charge on any atom is 0.316 e. The Hall–Kier alpha value is -3.84. The number of ether oxygens (including phenoxy) is 3. The number of ketones is 1. The molecule has 1 aliphatic heterocycles. The molecule has 0 saturated carbocycles. The molecular formula is C25H19NO5S. The van der Waals surface area contributed by atoms with Gasteiger partial charge in [-0.3, -0.25) is 9.59 Å². The monoisotopic (exact) mass is 445 g/mol. The average Bonchev–Trinajstić information content (AvgIpc) is 3.47. The van der Waals surface area contributed by atoms with Crippen molar-refractivity contribution in [2.75, 3.05) is 7.11 Å². The third-order valence-electron chi connectivity index (χ3n) is 5.29. The van der Waals surface area contributed by atoms with Crippen molar-refractivity contribution in [2.24, 2.45) is 7.05 Å². The number of Topliss-reactive ketones (excluding diaryl/α,β-unsaturated/α-hetero) is 1. The van der Waals surface area contributed by atoms with Crippen molar-refractivity contribution < 1.29 is 23.8 Å². The Morgan fingerprint density at radius 2 is 2.00 bits per heavy atom. The largest absolute Gasteiger partial charge is 0.497 e. The van der Waals surface area contributed by atoms with Gasteiger partial charge < -0.3 is 18.8 Å². The summed E-state index contributed by atoms with van der Waals surface area (Å²) < 4.78 is 18.6. The van der Waals surface area contributed by atoms with Gasteiger partial charge in [-0.1, -0.05) is 6.07 Å². The van der Waals surface area contributed by atoms with Gasteiger partial charge in [-0.05, 0) is 47.9 Å². The van der Waals surface area contributed by atoms with Crippen LogP contribution in [0.2, 0.25) is 0 Å². The first kappa shape index (κ1) is 20.1. The summed E-state index contributed by atoms with van der Waals surface area (Å²) in [4.78, 5) is 26.0. The second-order valence-corrected chi connectivity index (χ2v) is 8.44. The summed E-state index contributed by atoms with van der Waals surface area (Å²) in [7, 11) is 3.56. The molecule has 0 N–H and O–H groups in total. The van der Waals surface area contributed by atoms with E-state index < -0.39 is 0 Å². The predicted molar refractivity (Wildman–Crippen MR) is 123 cm³/mol. The van der Waals surface area contributed by atoms with E-state index in [1.54, 1.807) is 31.4 Å². The van der Waals surface area contributed by atoms with Gasteiger partial charge in [0.15, 0.2) is 5.76 Å². The molecule has 0 bridgehead atoms. The van der Waals surface area contributed by atoms with Crippen LogP contribution in [-0.2, 0) is 18.3 Å². The van der Waals surface area contributed by atoms with Crippen LogP contribution in [0.3, 0.4) is 0 Å². The SMILES string of the molecule is COc1ccc2c(c1)c(/C=C1\Oc3cc(OC(=O)Cc4cccs4)ccc3C1=O)cn2C. The van der Waals surface area contributed by atoms with Gasteiger partial charge in [-0.25, -0.2) is 0 Å².